The Balaban J connectivity index is 1.36. The number of fused-ring (bicyclic) bond motifs is 1. The molecule has 5 nitrogen and oxygen atoms in total. The SMILES string of the molecule is O=C(NCCc1cccs1)c1cncc(N2C[C@H]3CNC[C@H]3C2)c1. The highest BCUT2D eigenvalue weighted by atomic mass is 32.1. The molecule has 1 amide bonds. The molecular formula is C18H22N4OS. The minimum Gasteiger partial charge on any atom is -0.370 e. The quantitative estimate of drug-likeness (QED) is 0.870. The minimum atomic E-state index is -0.0398. The summed E-state index contributed by atoms with van der Waals surface area (Å²) >= 11 is 1.72. The second-order valence-corrected chi connectivity index (χ2v) is 7.63. The Hall–Kier alpha value is -1.92. The normalized spacial score (nSPS) is 22.6. The maximum Gasteiger partial charge on any atom is 0.252 e. The summed E-state index contributed by atoms with van der Waals surface area (Å²) in [5.74, 6) is 1.42. The van der Waals surface area contributed by atoms with Gasteiger partial charge in [0.05, 0.1) is 17.4 Å². The molecule has 0 saturated carbocycles. The summed E-state index contributed by atoms with van der Waals surface area (Å²) in [6.07, 6.45) is 4.40. The number of hydrogen-bond acceptors (Lipinski definition) is 5. The maximum atomic E-state index is 12.4. The zero-order chi connectivity index (χ0) is 16.4. The topological polar surface area (TPSA) is 57.3 Å². The number of pyridine rings is 1. The number of rotatable bonds is 5. The summed E-state index contributed by atoms with van der Waals surface area (Å²) in [4.78, 5) is 20.3. The van der Waals surface area contributed by atoms with E-state index in [2.05, 4.69) is 32.0 Å². The molecule has 0 bridgehead atoms. The van der Waals surface area contributed by atoms with Crippen molar-refractivity contribution in [3.8, 4) is 0 Å². The van der Waals surface area contributed by atoms with Crippen LogP contribution < -0.4 is 15.5 Å². The highest BCUT2D eigenvalue weighted by Crippen LogP contribution is 2.30. The molecule has 0 spiro atoms. The average Bonchev–Trinajstić information content (AvgIpc) is 3.32. The monoisotopic (exact) mass is 342 g/mol. The van der Waals surface area contributed by atoms with Crippen molar-refractivity contribution in [2.24, 2.45) is 11.8 Å². The third-order valence-electron chi connectivity index (χ3n) is 4.98. The van der Waals surface area contributed by atoms with Crippen LogP contribution in [0, 0.1) is 11.8 Å². The first kappa shape index (κ1) is 15.6. The van der Waals surface area contributed by atoms with E-state index in [9.17, 15) is 4.79 Å². The Bertz CT molecular complexity index is 691. The molecule has 2 N–H and O–H groups in total. The van der Waals surface area contributed by atoms with Gasteiger partial charge in [-0.05, 0) is 35.8 Å². The van der Waals surface area contributed by atoms with Crippen molar-refractivity contribution in [3.63, 3.8) is 0 Å². The van der Waals surface area contributed by atoms with Gasteiger partial charge in [0.1, 0.15) is 0 Å². The fourth-order valence-electron chi connectivity index (χ4n) is 3.65. The van der Waals surface area contributed by atoms with Crippen LogP contribution >= 0.6 is 11.3 Å². The molecule has 2 saturated heterocycles. The number of anilines is 1. The molecule has 2 atom stereocenters. The first-order chi connectivity index (χ1) is 11.8. The lowest BCUT2D eigenvalue weighted by Crippen LogP contribution is -2.27. The molecule has 2 aromatic rings. The van der Waals surface area contributed by atoms with Crippen molar-refractivity contribution in [3.05, 3.63) is 46.4 Å². The van der Waals surface area contributed by atoms with Gasteiger partial charge >= 0.3 is 0 Å². The van der Waals surface area contributed by atoms with Crippen molar-refractivity contribution >= 4 is 22.9 Å². The van der Waals surface area contributed by atoms with Crippen molar-refractivity contribution in [1.29, 1.82) is 0 Å². The number of nitrogens with zero attached hydrogens (tertiary/aromatic N) is 2. The number of nitrogens with one attached hydrogen (secondary N) is 2. The molecule has 2 aliphatic rings. The Morgan fingerprint density at radius 2 is 2.17 bits per heavy atom. The molecule has 4 heterocycles. The zero-order valence-corrected chi connectivity index (χ0v) is 14.4. The van der Waals surface area contributed by atoms with E-state index in [4.69, 9.17) is 0 Å². The lowest BCUT2D eigenvalue weighted by Gasteiger charge is -2.19. The van der Waals surface area contributed by atoms with E-state index in [1.54, 1.807) is 17.5 Å². The summed E-state index contributed by atoms with van der Waals surface area (Å²) in [5, 5.41) is 8.51. The predicted molar refractivity (Wildman–Crippen MR) is 96.7 cm³/mol. The summed E-state index contributed by atoms with van der Waals surface area (Å²) < 4.78 is 0. The van der Waals surface area contributed by atoms with Crippen LogP contribution in [0.2, 0.25) is 0 Å². The van der Waals surface area contributed by atoms with Gasteiger partial charge in [0.25, 0.3) is 5.91 Å². The second-order valence-electron chi connectivity index (χ2n) is 6.60. The van der Waals surface area contributed by atoms with Crippen LogP contribution in [0.1, 0.15) is 15.2 Å². The van der Waals surface area contributed by atoms with Gasteiger partial charge in [-0.2, -0.15) is 0 Å². The van der Waals surface area contributed by atoms with Gasteiger partial charge in [-0.3, -0.25) is 9.78 Å². The smallest absolute Gasteiger partial charge is 0.252 e. The van der Waals surface area contributed by atoms with Gasteiger partial charge in [-0.1, -0.05) is 6.07 Å². The van der Waals surface area contributed by atoms with Crippen molar-refractivity contribution < 1.29 is 4.79 Å². The third kappa shape index (κ3) is 3.30. The Labute approximate surface area is 146 Å². The average molecular weight is 342 g/mol. The van der Waals surface area contributed by atoms with Crippen LogP contribution in [0.4, 0.5) is 5.69 Å². The van der Waals surface area contributed by atoms with E-state index in [0.717, 1.165) is 50.1 Å². The van der Waals surface area contributed by atoms with Crippen molar-refractivity contribution in [2.45, 2.75) is 6.42 Å². The highest BCUT2D eigenvalue weighted by molar-refractivity contribution is 7.09. The molecule has 0 aliphatic carbocycles. The van der Waals surface area contributed by atoms with Crippen LogP contribution in [0.3, 0.4) is 0 Å². The molecule has 4 rings (SSSR count). The van der Waals surface area contributed by atoms with Gasteiger partial charge in [-0.25, -0.2) is 0 Å². The fraction of sp³-hybridized carbons (Fsp3) is 0.444. The van der Waals surface area contributed by atoms with Gasteiger partial charge in [0, 0.05) is 43.8 Å². The van der Waals surface area contributed by atoms with E-state index in [1.807, 2.05) is 18.3 Å². The molecule has 0 unspecified atom stereocenters. The van der Waals surface area contributed by atoms with E-state index < -0.39 is 0 Å². The van der Waals surface area contributed by atoms with Gasteiger partial charge in [0.15, 0.2) is 0 Å². The van der Waals surface area contributed by atoms with E-state index in [0.29, 0.717) is 12.1 Å². The number of aromatic nitrogens is 1. The van der Waals surface area contributed by atoms with Crippen molar-refractivity contribution in [2.75, 3.05) is 37.6 Å². The van der Waals surface area contributed by atoms with Gasteiger partial charge < -0.3 is 15.5 Å². The molecule has 126 valence electrons. The summed E-state index contributed by atoms with van der Waals surface area (Å²) in [6.45, 7) is 4.99. The highest BCUT2D eigenvalue weighted by Gasteiger charge is 2.36. The molecule has 2 fully saturated rings. The van der Waals surface area contributed by atoms with Gasteiger partial charge in [0.2, 0.25) is 0 Å². The number of hydrogen-bond donors (Lipinski definition) is 2. The molecular weight excluding hydrogens is 320 g/mol. The molecule has 6 heteroatoms. The second kappa shape index (κ2) is 6.91. The van der Waals surface area contributed by atoms with Crippen LogP contribution in [-0.2, 0) is 6.42 Å². The molecule has 2 aliphatic heterocycles. The van der Waals surface area contributed by atoms with E-state index in [-0.39, 0.29) is 5.91 Å². The fourth-order valence-corrected chi connectivity index (χ4v) is 4.36. The minimum absolute atomic E-state index is 0.0398. The van der Waals surface area contributed by atoms with Crippen LogP contribution in [-0.4, -0.2) is 43.6 Å². The third-order valence-corrected chi connectivity index (χ3v) is 5.91. The first-order valence-electron chi connectivity index (χ1n) is 8.51. The summed E-state index contributed by atoms with van der Waals surface area (Å²) in [7, 11) is 0. The zero-order valence-electron chi connectivity index (χ0n) is 13.6. The number of amides is 1. The van der Waals surface area contributed by atoms with E-state index in [1.165, 1.54) is 4.88 Å². The van der Waals surface area contributed by atoms with Crippen LogP contribution in [0.25, 0.3) is 0 Å². The lowest BCUT2D eigenvalue weighted by atomic mass is 10.0. The van der Waals surface area contributed by atoms with E-state index >= 15 is 0 Å². The van der Waals surface area contributed by atoms with Crippen LogP contribution in [0.5, 0.6) is 0 Å². The summed E-state index contributed by atoms with van der Waals surface area (Å²) in [6, 6.07) is 6.11. The standard InChI is InChI=1S/C18H22N4OS/c23-18(21-4-3-17-2-1-5-24-17)13-6-16(10-20-7-13)22-11-14-8-19-9-15(14)12-22/h1-2,5-7,10,14-15,19H,3-4,8-9,11-12H2,(H,21,23)/t14-,15+. The van der Waals surface area contributed by atoms with Crippen LogP contribution in [0.15, 0.2) is 36.0 Å². The Morgan fingerprint density at radius 3 is 2.92 bits per heavy atom. The number of thiophene rings is 1. The van der Waals surface area contributed by atoms with Crippen molar-refractivity contribution in [1.82, 2.24) is 15.6 Å². The molecule has 24 heavy (non-hydrogen) atoms. The Kier molecular flexibility index (Phi) is 4.49. The molecule has 0 aromatic carbocycles. The predicted octanol–water partition coefficient (Wildman–Crippen LogP) is 1.77. The Morgan fingerprint density at radius 1 is 1.33 bits per heavy atom. The number of carbonyl (C=O) groups excluding carboxylic acids is 1. The molecule has 0 radical (unpaired) electrons. The molecule has 2 aromatic heterocycles. The van der Waals surface area contributed by atoms with Gasteiger partial charge in [-0.15, -0.1) is 11.3 Å². The largest absolute Gasteiger partial charge is 0.370 e. The number of carbonyl (C=O) groups is 1. The first-order valence-corrected chi connectivity index (χ1v) is 9.39. The lowest BCUT2D eigenvalue weighted by molar-refractivity contribution is 0.0954. The maximum absolute atomic E-state index is 12.4. The summed E-state index contributed by atoms with van der Waals surface area (Å²) in [5.41, 5.74) is 1.71.